The van der Waals surface area contributed by atoms with Gasteiger partial charge in [-0.3, -0.25) is 9.59 Å². The minimum atomic E-state index is -0.794. The van der Waals surface area contributed by atoms with E-state index in [1.54, 1.807) is 19.2 Å². The standard InChI is InChI=1S/C22H20Cl2FN3O3/c1-3-4-15(26-2)20(29)27-11-9-12(23)19(13(24)10-11)31-16-6-5-14-17(18(16)25)22(7-8-22)21(30)28-14/h4-6,9-10,26H,3,7-8H2,1-2H3,(H,27,29)(H,28,30)/b15-4+. The molecule has 0 unspecified atom stereocenters. The first-order valence-corrected chi connectivity index (χ1v) is 10.6. The lowest BCUT2D eigenvalue weighted by molar-refractivity contribution is -0.118. The number of hydrogen-bond acceptors (Lipinski definition) is 4. The number of amides is 2. The monoisotopic (exact) mass is 463 g/mol. The minimum absolute atomic E-state index is 0.0558. The summed E-state index contributed by atoms with van der Waals surface area (Å²) < 4.78 is 20.9. The van der Waals surface area contributed by atoms with Crippen LogP contribution in [0, 0.1) is 5.82 Å². The Morgan fingerprint density at radius 3 is 2.55 bits per heavy atom. The molecule has 1 fully saturated rings. The second kappa shape index (κ2) is 8.05. The molecule has 1 aliphatic carbocycles. The lowest BCUT2D eigenvalue weighted by Gasteiger charge is -2.15. The van der Waals surface area contributed by atoms with Crippen molar-refractivity contribution in [3.05, 3.63) is 57.5 Å². The highest BCUT2D eigenvalue weighted by Gasteiger charge is 2.58. The summed E-state index contributed by atoms with van der Waals surface area (Å²) in [5.41, 5.74) is 0.770. The van der Waals surface area contributed by atoms with E-state index in [9.17, 15) is 9.59 Å². The fourth-order valence-electron chi connectivity index (χ4n) is 3.72. The van der Waals surface area contributed by atoms with Gasteiger partial charge >= 0.3 is 0 Å². The number of halogens is 3. The van der Waals surface area contributed by atoms with Gasteiger partial charge in [0.25, 0.3) is 5.91 Å². The topological polar surface area (TPSA) is 79.5 Å². The van der Waals surface area contributed by atoms with Crippen molar-refractivity contribution in [1.82, 2.24) is 5.32 Å². The molecule has 2 amide bonds. The van der Waals surface area contributed by atoms with Gasteiger partial charge in [0.2, 0.25) is 5.91 Å². The van der Waals surface area contributed by atoms with Crippen molar-refractivity contribution in [1.29, 1.82) is 0 Å². The van der Waals surface area contributed by atoms with Crippen LogP contribution in [0.1, 0.15) is 31.7 Å². The summed E-state index contributed by atoms with van der Waals surface area (Å²) in [5.74, 6) is -1.17. The van der Waals surface area contributed by atoms with Gasteiger partial charge in [-0.2, -0.15) is 0 Å². The maximum Gasteiger partial charge on any atom is 0.271 e. The van der Waals surface area contributed by atoms with Crippen molar-refractivity contribution in [2.24, 2.45) is 0 Å². The summed E-state index contributed by atoms with van der Waals surface area (Å²) in [5, 5.41) is 8.45. The lowest BCUT2D eigenvalue weighted by Crippen LogP contribution is -2.23. The van der Waals surface area contributed by atoms with Crippen molar-refractivity contribution in [2.45, 2.75) is 31.6 Å². The number of carbonyl (C=O) groups excluding carboxylic acids is 2. The number of benzene rings is 2. The third-order valence-corrected chi connectivity index (χ3v) is 5.97. The molecule has 0 aromatic heterocycles. The summed E-state index contributed by atoms with van der Waals surface area (Å²) in [6.07, 6.45) is 3.64. The zero-order chi connectivity index (χ0) is 22.3. The number of nitrogens with one attached hydrogen (secondary N) is 3. The molecule has 162 valence electrons. The van der Waals surface area contributed by atoms with Gasteiger partial charge in [0.1, 0.15) is 0 Å². The van der Waals surface area contributed by atoms with E-state index in [0.717, 1.165) is 0 Å². The smallest absolute Gasteiger partial charge is 0.271 e. The van der Waals surface area contributed by atoms with Crippen molar-refractivity contribution < 1.29 is 18.7 Å². The summed E-state index contributed by atoms with van der Waals surface area (Å²) in [7, 11) is 1.65. The van der Waals surface area contributed by atoms with Crippen LogP contribution in [0.25, 0.3) is 0 Å². The van der Waals surface area contributed by atoms with Crippen LogP contribution in [0.4, 0.5) is 15.8 Å². The Labute approximate surface area is 188 Å². The molecule has 0 saturated heterocycles. The van der Waals surface area contributed by atoms with Crippen molar-refractivity contribution in [3.8, 4) is 11.5 Å². The van der Waals surface area contributed by atoms with E-state index in [0.29, 0.717) is 41.9 Å². The lowest BCUT2D eigenvalue weighted by atomic mass is 9.97. The molecule has 1 heterocycles. The maximum atomic E-state index is 15.2. The van der Waals surface area contributed by atoms with Crippen LogP contribution in [0.2, 0.25) is 10.0 Å². The van der Waals surface area contributed by atoms with Gasteiger partial charge in [0, 0.05) is 24.0 Å². The summed E-state index contributed by atoms with van der Waals surface area (Å²) in [6, 6.07) is 5.97. The number of allylic oxidation sites excluding steroid dienone is 1. The van der Waals surface area contributed by atoms with Gasteiger partial charge in [0.15, 0.2) is 17.3 Å². The molecule has 4 rings (SSSR count). The molecule has 1 saturated carbocycles. The molecule has 0 radical (unpaired) electrons. The van der Waals surface area contributed by atoms with Crippen molar-refractivity contribution in [3.63, 3.8) is 0 Å². The largest absolute Gasteiger partial charge is 0.451 e. The fourth-order valence-corrected chi connectivity index (χ4v) is 4.28. The molecular formula is C22H20Cl2FN3O3. The molecule has 6 nitrogen and oxygen atoms in total. The summed E-state index contributed by atoms with van der Waals surface area (Å²) in [4.78, 5) is 24.5. The average Bonchev–Trinajstić information content (AvgIpc) is 3.46. The average molecular weight is 464 g/mol. The number of rotatable bonds is 6. The second-order valence-corrected chi connectivity index (χ2v) is 8.25. The van der Waals surface area contributed by atoms with E-state index in [2.05, 4.69) is 16.0 Å². The van der Waals surface area contributed by atoms with Crippen LogP contribution >= 0.6 is 23.2 Å². The van der Waals surface area contributed by atoms with Crippen LogP contribution in [-0.2, 0) is 15.0 Å². The highest BCUT2D eigenvalue weighted by molar-refractivity contribution is 6.37. The Hall–Kier alpha value is -2.77. The second-order valence-electron chi connectivity index (χ2n) is 7.44. The fraction of sp³-hybridized carbons (Fsp3) is 0.273. The van der Waals surface area contributed by atoms with E-state index in [1.807, 2.05) is 6.92 Å². The van der Waals surface area contributed by atoms with E-state index < -0.39 is 11.2 Å². The zero-order valence-electron chi connectivity index (χ0n) is 16.9. The summed E-state index contributed by atoms with van der Waals surface area (Å²) in [6.45, 7) is 1.92. The Bertz CT molecular complexity index is 1110. The van der Waals surface area contributed by atoms with Gasteiger partial charge in [0.05, 0.1) is 21.2 Å². The third-order valence-electron chi connectivity index (χ3n) is 5.41. The molecule has 1 aliphatic heterocycles. The zero-order valence-corrected chi connectivity index (χ0v) is 18.4. The Morgan fingerprint density at radius 1 is 1.29 bits per heavy atom. The maximum absolute atomic E-state index is 15.2. The number of anilines is 2. The molecule has 1 spiro atoms. The van der Waals surface area contributed by atoms with Gasteiger partial charge < -0.3 is 20.7 Å². The van der Waals surface area contributed by atoms with Crippen LogP contribution in [0.3, 0.4) is 0 Å². The first kappa shape index (κ1) is 21.5. The molecule has 2 aromatic carbocycles. The quantitative estimate of drug-likeness (QED) is 0.503. The highest BCUT2D eigenvalue weighted by atomic mass is 35.5. The van der Waals surface area contributed by atoms with Crippen molar-refractivity contribution in [2.75, 3.05) is 17.7 Å². The van der Waals surface area contributed by atoms with E-state index in [4.69, 9.17) is 27.9 Å². The van der Waals surface area contributed by atoms with Crippen LogP contribution in [0.5, 0.6) is 11.5 Å². The molecule has 3 N–H and O–H groups in total. The Morgan fingerprint density at radius 2 is 1.97 bits per heavy atom. The first-order chi connectivity index (χ1) is 14.8. The minimum Gasteiger partial charge on any atom is -0.451 e. The third kappa shape index (κ3) is 3.72. The molecule has 2 aromatic rings. The Balaban J connectivity index is 1.60. The van der Waals surface area contributed by atoms with Gasteiger partial charge in [-0.25, -0.2) is 4.39 Å². The molecule has 0 bridgehead atoms. The predicted octanol–water partition coefficient (Wildman–Crippen LogP) is 5.36. The van der Waals surface area contributed by atoms with Crippen LogP contribution in [0.15, 0.2) is 36.0 Å². The number of hydrogen-bond donors (Lipinski definition) is 3. The van der Waals surface area contributed by atoms with Crippen molar-refractivity contribution >= 4 is 46.4 Å². The van der Waals surface area contributed by atoms with E-state index in [-0.39, 0.29) is 33.4 Å². The number of ether oxygens (including phenoxy) is 1. The van der Waals surface area contributed by atoms with Crippen LogP contribution in [-0.4, -0.2) is 18.9 Å². The van der Waals surface area contributed by atoms with Gasteiger partial charge in [-0.15, -0.1) is 0 Å². The van der Waals surface area contributed by atoms with Crippen LogP contribution < -0.4 is 20.7 Å². The Kier molecular flexibility index (Phi) is 5.58. The van der Waals surface area contributed by atoms with E-state index >= 15 is 4.39 Å². The first-order valence-electron chi connectivity index (χ1n) is 9.81. The SMILES string of the molecule is CC/C=C(/NC)C(=O)Nc1cc(Cl)c(Oc2ccc3c(c2F)C2(CC2)C(=O)N3)c(Cl)c1. The summed E-state index contributed by atoms with van der Waals surface area (Å²) >= 11 is 12.6. The highest BCUT2D eigenvalue weighted by Crippen LogP contribution is 2.57. The normalized spacial score (nSPS) is 16.0. The molecule has 31 heavy (non-hydrogen) atoms. The number of likely N-dealkylation sites (N-methyl/N-ethyl adjacent to an activating group) is 1. The molecular weight excluding hydrogens is 444 g/mol. The van der Waals surface area contributed by atoms with Gasteiger partial charge in [-0.1, -0.05) is 36.2 Å². The van der Waals surface area contributed by atoms with Gasteiger partial charge in [-0.05, 0) is 43.5 Å². The number of carbonyl (C=O) groups is 2. The van der Waals surface area contributed by atoms with E-state index in [1.165, 1.54) is 18.2 Å². The molecule has 2 aliphatic rings. The molecule has 9 heteroatoms. The predicted molar refractivity (Wildman–Crippen MR) is 119 cm³/mol. The molecule has 0 atom stereocenters. The number of fused-ring (bicyclic) bond motifs is 2.